The van der Waals surface area contributed by atoms with Gasteiger partial charge in [-0.25, -0.2) is 4.39 Å². The molecule has 0 amide bonds. The SMILES string of the molecule is CC(c1ccccc1F)N(C)[C@@H]1CCCC[C@H]1O. The van der Waals surface area contributed by atoms with E-state index >= 15 is 0 Å². The molecule has 100 valence electrons. The summed E-state index contributed by atoms with van der Waals surface area (Å²) >= 11 is 0. The lowest BCUT2D eigenvalue weighted by atomic mass is 9.90. The fourth-order valence-corrected chi connectivity index (χ4v) is 2.89. The minimum absolute atomic E-state index is 0.0102. The zero-order valence-electron chi connectivity index (χ0n) is 11.1. The molecule has 0 aliphatic heterocycles. The predicted molar refractivity (Wildman–Crippen MR) is 70.8 cm³/mol. The topological polar surface area (TPSA) is 23.5 Å². The summed E-state index contributed by atoms with van der Waals surface area (Å²) in [5, 5.41) is 10.1. The van der Waals surface area contributed by atoms with Gasteiger partial charge in [-0.05, 0) is 32.9 Å². The molecule has 0 bridgehead atoms. The first-order valence-corrected chi connectivity index (χ1v) is 6.75. The third-order valence-corrected chi connectivity index (χ3v) is 4.18. The number of aliphatic hydroxyl groups excluding tert-OH is 1. The molecule has 0 saturated heterocycles. The van der Waals surface area contributed by atoms with Crippen LogP contribution >= 0.6 is 0 Å². The number of hydrogen-bond acceptors (Lipinski definition) is 2. The number of benzene rings is 1. The number of likely N-dealkylation sites (N-methyl/N-ethyl adjacent to an activating group) is 1. The second-order valence-corrected chi connectivity index (χ2v) is 5.28. The van der Waals surface area contributed by atoms with Crippen molar-refractivity contribution >= 4 is 0 Å². The molecule has 1 unspecified atom stereocenters. The molecule has 2 nitrogen and oxygen atoms in total. The normalized spacial score (nSPS) is 26.3. The van der Waals surface area contributed by atoms with Crippen LogP contribution in [0.25, 0.3) is 0 Å². The number of aliphatic hydroxyl groups is 1. The Kier molecular flexibility index (Phi) is 4.36. The third-order valence-electron chi connectivity index (χ3n) is 4.18. The summed E-state index contributed by atoms with van der Waals surface area (Å²) in [7, 11) is 1.98. The zero-order chi connectivity index (χ0) is 13.1. The molecule has 3 atom stereocenters. The van der Waals surface area contributed by atoms with Gasteiger partial charge in [0.1, 0.15) is 5.82 Å². The minimum Gasteiger partial charge on any atom is -0.391 e. The summed E-state index contributed by atoms with van der Waals surface area (Å²) in [4.78, 5) is 2.11. The van der Waals surface area contributed by atoms with Crippen molar-refractivity contribution in [1.29, 1.82) is 0 Å². The van der Waals surface area contributed by atoms with Crippen LogP contribution < -0.4 is 0 Å². The Labute approximate surface area is 108 Å². The Morgan fingerprint density at radius 2 is 1.94 bits per heavy atom. The fourth-order valence-electron chi connectivity index (χ4n) is 2.89. The Bertz CT molecular complexity index is 396. The Morgan fingerprint density at radius 3 is 2.61 bits per heavy atom. The lowest BCUT2D eigenvalue weighted by Crippen LogP contribution is -2.44. The van der Waals surface area contributed by atoms with Gasteiger partial charge in [0, 0.05) is 17.6 Å². The van der Waals surface area contributed by atoms with Crippen LogP contribution in [0, 0.1) is 5.82 Å². The van der Waals surface area contributed by atoms with Gasteiger partial charge >= 0.3 is 0 Å². The monoisotopic (exact) mass is 251 g/mol. The van der Waals surface area contributed by atoms with Gasteiger partial charge in [0.05, 0.1) is 6.10 Å². The maximum absolute atomic E-state index is 13.8. The Morgan fingerprint density at radius 1 is 1.28 bits per heavy atom. The van der Waals surface area contributed by atoms with Gasteiger partial charge in [0.15, 0.2) is 0 Å². The molecule has 1 aliphatic carbocycles. The van der Waals surface area contributed by atoms with Crippen LogP contribution in [0.2, 0.25) is 0 Å². The first-order valence-electron chi connectivity index (χ1n) is 6.75. The van der Waals surface area contributed by atoms with E-state index in [1.165, 1.54) is 6.07 Å². The van der Waals surface area contributed by atoms with Crippen LogP contribution in [0.5, 0.6) is 0 Å². The van der Waals surface area contributed by atoms with Crippen molar-refractivity contribution in [3.8, 4) is 0 Å². The van der Waals surface area contributed by atoms with E-state index in [0.717, 1.165) is 25.7 Å². The van der Waals surface area contributed by atoms with E-state index in [0.29, 0.717) is 5.56 Å². The lowest BCUT2D eigenvalue weighted by molar-refractivity contribution is 0.0149. The highest BCUT2D eigenvalue weighted by atomic mass is 19.1. The zero-order valence-corrected chi connectivity index (χ0v) is 11.1. The highest BCUT2D eigenvalue weighted by molar-refractivity contribution is 5.20. The number of hydrogen-bond donors (Lipinski definition) is 1. The molecule has 1 saturated carbocycles. The van der Waals surface area contributed by atoms with E-state index in [-0.39, 0.29) is 24.0 Å². The number of nitrogens with zero attached hydrogens (tertiary/aromatic N) is 1. The molecule has 1 aromatic rings. The predicted octanol–water partition coefficient (Wildman–Crippen LogP) is 3.12. The van der Waals surface area contributed by atoms with Crippen molar-refractivity contribution in [2.24, 2.45) is 0 Å². The molecule has 0 heterocycles. The lowest BCUT2D eigenvalue weighted by Gasteiger charge is -2.38. The maximum Gasteiger partial charge on any atom is 0.127 e. The van der Waals surface area contributed by atoms with Crippen molar-refractivity contribution in [3.05, 3.63) is 35.6 Å². The van der Waals surface area contributed by atoms with E-state index in [2.05, 4.69) is 4.90 Å². The summed E-state index contributed by atoms with van der Waals surface area (Å²) in [5.41, 5.74) is 0.706. The molecule has 1 N–H and O–H groups in total. The molecule has 0 spiro atoms. The summed E-state index contributed by atoms with van der Waals surface area (Å²) < 4.78 is 13.8. The van der Waals surface area contributed by atoms with Crippen LogP contribution in [0.15, 0.2) is 24.3 Å². The molecule has 3 heteroatoms. The Hall–Kier alpha value is -0.930. The fraction of sp³-hybridized carbons (Fsp3) is 0.600. The summed E-state index contributed by atoms with van der Waals surface area (Å²) in [6, 6.07) is 7.03. The number of halogens is 1. The van der Waals surface area contributed by atoms with Gasteiger partial charge in [0.2, 0.25) is 0 Å². The highest BCUT2D eigenvalue weighted by Gasteiger charge is 2.30. The standard InChI is InChI=1S/C15H22FNO/c1-11(12-7-3-4-8-13(12)16)17(2)14-9-5-6-10-15(14)18/h3-4,7-8,11,14-15,18H,5-6,9-10H2,1-2H3/t11?,14-,15-/m1/s1. The van der Waals surface area contributed by atoms with E-state index in [4.69, 9.17) is 0 Å². The van der Waals surface area contributed by atoms with Crippen molar-refractivity contribution in [2.45, 2.75) is 50.8 Å². The van der Waals surface area contributed by atoms with Gasteiger partial charge in [-0.3, -0.25) is 4.90 Å². The molecular formula is C15H22FNO. The second-order valence-electron chi connectivity index (χ2n) is 5.28. The van der Waals surface area contributed by atoms with Gasteiger partial charge in [0.25, 0.3) is 0 Å². The van der Waals surface area contributed by atoms with Crippen molar-refractivity contribution < 1.29 is 9.50 Å². The van der Waals surface area contributed by atoms with Crippen LogP contribution in [0.4, 0.5) is 4.39 Å². The second kappa shape index (κ2) is 5.81. The van der Waals surface area contributed by atoms with E-state index in [1.807, 2.05) is 26.1 Å². The molecule has 2 rings (SSSR count). The van der Waals surface area contributed by atoms with Gasteiger partial charge in [-0.1, -0.05) is 31.0 Å². The minimum atomic E-state index is -0.280. The van der Waals surface area contributed by atoms with Gasteiger partial charge in [-0.15, -0.1) is 0 Å². The van der Waals surface area contributed by atoms with Crippen molar-refractivity contribution in [2.75, 3.05) is 7.05 Å². The smallest absolute Gasteiger partial charge is 0.127 e. The van der Waals surface area contributed by atoms with Crippen LogP contribution in [-0.4, -0.2) is 29.2 Å². The summed E-state index contributed by atoms with van der Waals surface area (Å²) in [6.45, 7) is 2.00. The molecule has 18 heavy (non-hydrogen) atoms. The quantitative estimate of drug-likeness (QED) is 0.892. The third kappa shape index (κ3) is 2.73. The Balaban J connectivity index is 2.13. The summed E-state index contributed by atoms with van der Waals surface area (Å²) in [6.07, 6.45) is 3.82. The molecule has 1 fully saturated rings. The van der Waals surface area contributed by atoms with Crippen LogP contribution in [0.3, 0.4) is 0 Å². The average Bonchev–Trinajstić information content (AvgIpc) is 2.38. The van der Waals surface area contributed by atoms with E-state index in [9.17, 15) is 9.50 Å². The van der Waals surface area contributed by atoms with Crippen LogP contribution in [-0.2, 0) is 0 Å². The largest absolute Gasteiger partial charge is 0.391 e. The van der Waals surface area contributed by atoms with Crippen molar-refractivity contribution in [1.82, 2.24) is 4.90 Å². The van der Waals surface area contributed by atoms with Crippen molar-refractivity contribution in [3.63, 3.8) is 0 Å². The first kappa shape index (κ1) is 13.5. The van der Waals surface area contributed by atoms with Gasteiger partial charge < -0.3 is 5.11 Å². The van der Waals surface area contributed by atoms with E-state index < -0.39 is 0 Å². The molecule has 1 aliphatic rings. The van der Waals surface area contributed by atoms with E-state index in [1.54, 1.807) is 6.07 Å². The summed E-state index contributed by atoms with van der Waals surface area (Å²) in [5.74, 6) is -0.165. The molecular weight excluding hydrogens is 229 g/mol. The van der Waals surface area contributed by atoms with Crippen LogP contribution in [0.1, 0.15) is 44.2 Å². The maximum atomic E-state index is 13.8. The molecule has 0 radical (unpaired) electrons. The van der Waals surface area contributed by atoms with Gasteiger partial charge in [-0.2, -0.15) is 0 Å². The molecule has 0 aromatic heterocycles. The highest BCUT2D eigenvalue weighted by Crippen LogP contribution is 2.29. The first-order chi connectivity index (χ1) is 8.61. The average molecular weight is 251 g/mol. The molecule has 1 aromatic carbocycles. The number of rotatable bonds is 3.